The third-order valence-electron chi connectivity index (χ3n) is 2.66. The van der Waals surface area contributed by atoms with Gasteiger partial charge >= 0.3 is 0 Å². The van der Waals surface area contributed by atoms with Gasteiger partial charge < -0.3 is 4.43 Å². The van der Waals surface area contributed by atoms with E-state index in [2.05, 4.69) is 27.4 Å². The summed E-state index contributed by atoms with van der Waals surface area (Å²) in [4.78, 5) is 0. The Morgan fingerprint density at radius 1 is 1.25 bits per heavy atom. The Morgan fingerprint density at radius 3 is 2.08 bits per heavy atom. The highest BCUT2D eigenvalue weighted by molar-refractivity contribution is 6.28. The zero-order valence-electron chi connectivity index (χ0n) is 8.73. The molecule has 0 aromatic carbocycles. The minimum Gasteiger partial charge on any atom is -0.418 e. The lowest BCUT2D eigenvalue weighted by Gasteiger charge is -2.31. The maximum atomic E-state index is 5.99. The Balaban J connectivity index is 3.84. The summed E-state index contributed by atoms with van der Waals surface area (Å²) in [6.07, 6.45) is 5.40. The predicted molar refractivity (Wildman–Crippen MR) is 58.2 cm³/mol. The second-order valence-corrected chi connectivity index (χ2v) is 4.44. The van der Waals surface area contributed by atoms with Gasteiger partial charge in [0.2, 0.25) is 0 Å². The highest BCUT2D eigenvalue weighted by Crippen LogP contribution is 2.23. The van der Waals surface area contributed by atoms with Crippen LogP contribution in [-0.4, -0.2) is 15.4 Å². The van der Waals surface area contributed by atoms with Crippen LogP contribution in [0, 0.1) is 0 Å². The molecule has 12 heavy (non-hydrogen) atoms. The van der Waals surface area contributed by atoms with Crippen LogP contribution >= 0.6 is 0 Å². The van der Waals surface area contributed by atoms with Crippen molar-refractivity contribution in [1.29, 1.82) is 0 Å². The van der Waals surface area contributed by atoms with E-state index in [1.807, 2.05) is 6.08 Å². The molecule has 0 saturated carbocycles. The molecule has 72 valence electrons. The molecule has 2 heteroatoms. The molecule has 0 spiro atoms. The lowest BCUT2D eigenvalue weighted by molar-refractivity contribution is 0.0607. The van der Waals surface area contributed by atoms with E-state index in [-0.39, 0.29) is 15.4 Å². The standard InChI is InChI=1S/C10H22OSi/c1-5-9-12-11-10(6-2,7-3)8-4/h5H,1,6-9,12H2,2-4H3. The zero-order valence-corrected chi connectivity index (χ0v) is 10.1. The fourth-order valence-corrected chi connectivity index (χ4v) is 2.74. The molecule has 0 aliphatic rings. The van der Waals surface area contributed by atoms with Crippen LogP contribution in [0.4, 0.5) is 0 Å². The quantitative estimate of drug-likeness (QED) is 0.337. The van der Waals surface area contributed by atoms with Crippen LogP contribution < -0.4 is 0 Å². The topological polar surface area (TPSA) is 9.23 Å². The molecular formula is C10H22OSi. The van der Waals surface area contributed by atoms with Gasteiger partial charge in [-0.1, -0.05) is 26.8 Å². The van der Waals surface area contributed by atoms with Crippen molar-refractivity contribution in [2.24, 2.45) is 0 Å². The second kappa shape index (κ2) is 6.43. The molecule has 1 nitrogen and oxygen atoms in total. The molecule has 0 fully saturated rings. The highest BCUT2D eigenvalue weighted by atomic mass is 28.2. The molecule has 0 rings (SSSR count). The fourth-order valence-electron chi connectivity index (χ4n) is 1.41. The summed E-state index contributed by atoms with van der Waals surface area (Å²) in [6, 6.07) is 1.10. The molecule has 0 amide bonds. The van der Waals surface area contributed by atoms with Crippen LogP contribution in [0.25, 0.3) is 0 Å². The van der Waals surface area contributed by atoms with Crippen LogP contribution in [0.3, 0.4) is 0 Å². The van der Waals surface area contributed by atoms with Gasteiger partial charge in [0.05, 0.1) is 5.60 Å². The summed E-state index contributed by atoms with van der Waals surface area (Å²) in [5.74, 6) is 0. The first-order valence-electron chi connectivity index (χ1n) is 4.99. The Kier molecular flexibility index (Phi) is 6.39. The Morgan fingerprint density at radius 2 is 1.75 bits per heavy atom. The summed E-state index contributed by atoms with van der Waals surface area (Å²) in [5.41, 5.74) is 0.190. The summed E-state index contributed by atoms with van der Waals surface area (Å²) in [5, 5.41) is 0. The normalized spacial score (nSPS) is 12.6. The largest absolute Gasteiger partial charge is 0.418 e. The van der Waals surface area contributed by atoms with Gasteiger partial charge in [0.25, 0.3) is 0 Å². The van der Waals surface area contributed by atoms with Crippen LogP contribution in [0.15, 0.2) is 12.7 Å². The summed E-state index contributed by atoms with van der Waals surface area (Å²) in [7, 11) is -0.344. The van der Waals surface area contributed by atoms with Crippen LogP contribution in [0.5, 0.6) is 0 Å². The monoisotopic (exact) mass is 186 g/mol. The SMILES string of the molecule is C=CC[SiH2]OC(CC)(CC)CC. The maximum Gasteiger partial charge on any atom is 0.166 e. The van der Waals surface area contributed by atoms with Crippen LogP contribution in [-0.2, 0) is 4.43 Å². The first-order chi connectivity index (χ1) is 5.74. The summed E-state index contributed by atoms with van der Waals surface area (Å²) >= 11 is 0. The van der Waals surface area contributed by atoms with Gasteiger partial charge in [0, 0.05) is 0 Å². The van der Waals surface area contributed by atoms with E-state index in [0.717, 1.165) is 25.3 Å². The van der Waals surface area contributed by atoms with Gasteiger partial charge in [-0.05, 0) is 25.3 Å². The van der Waals surface area contributed by atoms with Gasteiger partial charge in [0.1, 0.15) is 0 Å². The molecule has 0 saturated heterocycles. The van der Waals surface area contributed by atoms with E-state index < -0.39 is 0 Å². The van der Waals surface area contributed by atoms with Crippen molar-refractivity contribution >= 4 is 9.76 Å². The van der Waals surface area contributed by atoms with Crippen molar-refractivity contribution in [3.63, 3.8) is 0 Å². The van der Waals surface area contributed by atoms with Crippen molar-refractivity contribution < 1.29 is 4.43 Å². The molecule has 0 aromatic rings. The summed E-state index contributed by atoms with van der Waals surface area (Å²) in [6.45, 7) is 10.4. The number of allylic oxidation sites excluding steroid dienone is 1. The molecule has 0 heterocycles. The lowest BCUT2D eigenvalue weighted by Crippen LogP contribution is -2.31. The number of hydrogen-bond donors (Lipinski definition) is 0. The van der Waals surface area contributed by atoms with Gasteiger partial charge in [-0.3, -0.25) is 0 Å². The van der Waals surface area contributed by atoms with E-state index in [0.29, 0.717) is 0 Å². The zero-order chi connectivity index (χ0) is 9.45. The van der Waals surface area contributed by atoms with E-state index >= 15 is 0 Å². The molecule has 0 aliphatic heterocycles. The van der Waals surface area contributed by atoms with Gasteiger partial charge in [0.15, 0.2) is 9.76 Å². The van der Waals surface area contributed by atoms with Gasteiger partial charge in [-0.25, -0.2) is 0 Å². The average molecular weight is 186 g/mol. The molecular weight excluding hydrogens is 164 g/mol. The van der Waals surface area contributed by atoms with E-state index in [4.69, 9.17) is 4.43 Å². The van der Waals surface area contributed by atoms with Gasteiger partial charge in [-0.2, -0.15) is 0 Å². The molecule has 0 radical (unpaired) electrons. The van der Waals surface area contributed by atoms with E-state index in [1.165, 1.54) is 0 Å². The van der Waals surface area contributed by atoms with Gasteiger partial charge in [-0.15, -0.1) is 6.58 Å². The molecule has 0 unspecified atom stereocenters. The average Bonchev–Trinajstić information content (AvgIpc) is 2.14. The van der Waals surface area contributed by atoms with Crippen LogP contribution in [0.1, 0.15) is 40.0 Å². The highest BCUT2D eigenvalue weighted by Gasteiger charge is 2.23. The van der Waals surface area contributed by atoms with E-state index in [9.17, 15) is 0 Å². The summed E-state index contributed by atoms with van der Waals surface area (Å²) < 4.78 is 5.99. The first-order valence-corrected chi connectivity index (χ1v) is 6.57. The third kappa shape index (κ3) is 3.54. The minimum atomic E-state index is -0.344. The minimum absolute atomic E-state index is 0.190. The first kappa shape index (κ1) is 11.9. The second-order valence-electron chi connectivity index (χ2n) is 3.17. The van der Waals surface area contributed by atoms with E-state index in [1.54, 1.807) is 0 Å². The maximum absolute atomic E-state index is 5.99. The van der Waals surface area contributed by atoms with Crippen molar-refractivity contribution in [3.8, 4) is 0 Å². The molecule has 0 atom stereocenters. The van der Waals surface area contributed by atoms with Crippen molar-refractivity contribution in [1.82, 2.24) is 0 Å². The Bertz CT molecular complexity index is 111. The molecule has 0 aromatic heterocycles. The van der Waals surface area contributed by atoms with Crippen molar-refractivity contribution in [2.45, 2.75) is 51.7 Å². The lowest BCUT2D eigenvalue weighted by atomic mass is 9.95. The third-order valence-corrected chi connectivity index (χ3v) is 4.12. The van der Waals surface area contributed by atoms with Crippen molar-refractivity contribution in [3.05, 3.63) is 12.7 Å². The Labute approximate surface area is 79.1 Å². The predicted octanol–water partition coefficient (Wildman–Crippen LogP) is 2.66. The Hall–Kier alpha value is -0.0831. The number of hydrogen-bond acceptors (Lipinski definition) is 1. The molecule has 0 bridgehead atoms. The van der Waals surface area contributed by atoms with Crippen LogP contribution in [0.2, 0.25) is 6.04 Å². The smallest absolute Gasteiger partial charge is 0.166 e. The number of rotatable bonds is 7. The molecule has 0 aliphatic carbocycles. The molecule has 0 N–H and O–H groups in total. The van der Waals surface area contributed by atoms with Crippen molar-refractivity contribution in [2.75, 3.05) is 0 Å². The fraction of sp³-hybridized carbons (Fsp3) is 0.800.